The maximum Gasteiger partial charge on any atom is 0.252 e. The minimum absolute atomic E-state index is 0.0396. The van der Waals surface area contributed by atoms with E-state index in [0.29, 0.717) is 17.5 Å². The number of phenols is 1. The number of rotatable bonds is 4. The monoisotopic (exact) mass is 251 g/mol. The highest BCUT2D eigenvalue weighted by Gasteiger charge is 2.17. The van der Waals surface area contributed by atoms with Crippen molar-refractivity contribution in [1.29, 1.82) is 0 Å². The Labute approximate surface area is 105 Å². The van der Waals surface area contributed by atoms with E-state index in [2.05, 4.69) is 10.5 Å². The number of nitrogens with one attached hydrogen (secondary N) is 1. The van der Waals surface area contributed by atoms with Crippen molar-refractivity contribution in [2.75, 3.05) is 0 Å². The van der Waals surface area contributed by atoms with Crippen molar-refractivity contribution in [3.8, 4) is 5.75 Å². The molecule has 0 bridgehead atoms. The summed E-state index contributed by atoms with van der Waals surface area (Å²) in [7, 11) is 0. The van der Waals surface area contributed by atoms with Crippen molar-refractivity contribution in [2.24, 2.45) is 10.9 Å². The molecule has 5 N–H and O–H groups in total. The van der Waals surface area contributed by atoms with E-state index in [1.807, 2.05) is 6.92 Å². The zero-order chi connectivity index (χ0) is 13.7. The summed E-state index contributed by atoms with van der Waals surface area (Å²) in [6, 6.07) is 3.95. The van der Waals surface area contributed by atoms with E-state index in [0.717, 1.165) is 0 Å². The average Bonchev–Trinajstić information content (AvgIpc) is 2.34. The van der Waals surface area contributed by atoms with Crippen LogP contribution in [0.15, 0.2) is 23.4 Å². The average molecular weight is 251 g/mol. The number of amidine groups is 1. The summed E-state index contributed by atoms with van der Waals surface area (Å²) in [5.41, 5.74) is 6.56. The van der Waals surface area contributed by atoms with Gasteiger partial charge in [-0.05, 0) is 37.1 Å². The van der Waals surface area contributed by atoms with E-state index in [9.17, 15) is 9.90 Å². The third-order valence-electron chi connectivity index (χ3n) is 2.64. The van der Waals surface area contributed by atoms with E-state index >= 15 is 0 Å². The molecule has 1 rings (SSSR count). The predicted molar refractivity (Wildman–Crippen MR) is 67.8 cm³/mol. The zero-order valence-corrected chi connectivity index (χ0v) is 10.3. The molecule has 6 nitrogen and oxygen atoms in total. The van der Waals surface area contributed by atoms with Gasteiger partial charge in [-0.25, -0.2) is 0 Å². The minimum atomic E-state index is -0.518. The molecule has 1 amide bonds. The first-order valence-electron chi connectivity index (χ1n) is 5.57. The van der Waals surface area contributed by atoms with E-state index < -0.39 is 6.04 Å². The summed E-state index contributed by atoms with van der Waals surface area (Å²) in [5, 5.41) is 23.4. The van der Waals surface area contributed by atoms with Crippen molar-refractivity contribution in [1.82, 2.24) is 5.32 Å². The van der Waals surface area contributed by atoms with Gasteiger partial charge in [0.25, 0.3) is 5.91 Å². The van der Waals surface area contributed by atoms with Crippen LogP contribution in [-0.2, 0) is 0 Å². The van der Waals surface area contributed by atoms with Crippen molar-refractivity contribution < 1.29 is 15.1 Å². The molecule has 0 aliphatic carbocycles. The molecule has 0 aliphatic heterocycles. The van der Waals surface area contributed by atoms with E-state index in [1.165, 1.54) is 18.2 Å². The van der Waals surface area contributed by atoms with Crippen LogP contribution in [0.3, 0.4) is 0 Å². The zero-order valence-electron chi connectivity index (χ0n) is 10.3. The van der Waals surface area contributed by atoms with Crippen molar-refractivity contribution in [2.45, 2.75) is 26.3 Å². The second-order valence-corrected chi connectivity index (χ2v) is 3.96. The third-order valence-corrected chi connectivity index (χ3v) is 2.64. The fraction of sp³-hybridized carbons (Fsp3) is 0.333. The Kier molecular flexibility index (Phi) is 4.53. The molecule has 1 atom stereocenters. The molecule has 18 heavy (non-hydrogen) atoms. The number of hydrogen-bond donors (Lipinski definition) is 4. The Bertz CT molecular complexity index is 472. The standard InChI is InChI=1S/C12H17N3O3/c1-3-10(11(13)15-18)14-12(17)9-5-4-8(16)6-7(9)2/h4-6,10,16,18H,3H2,1-2H3,(H2,13,15)(H,14,17). The molecule has 0 aromatic heterocycles. The first kappa shape index (κ1) is 13.8. The highest BCUT2D eigenvalue weighted by Crippen LogP contribution is 2.15. The molecule has 0 spiro atoms. The lowest BCUT2D eigenvalue weighted by atomic mass is 10.1. The maximum absolute atomic E-state index is 12.0. The summed E-state index contributed by atoms with van der Waals surface area (Å²) in [4.78, 5) is 12.0. The lowest BCUT2D eigenvalue weighted by Crippen LogP contribution is -2.44. The number of nitrogens with zero attached hydrogens (tertiary/aromatic N) is 1. The smallest absolute Gasteiger partial charge is 0.252 e. The van der Waals surface area contributed by atoms with Crippen LogP contribution in [0.4, 0.5) is 0 Å². The number of nitrogens with two attached hydrogens (primary N) is 1. The van der Waals surface area contributed by atoms with Crippen molar-refractivity contribution in [3.05, 3.63) is 29.3 Å². The lowest BCUT2D eigenvalue weighted by Gasteiger charge is -2.16. The first-order chi connectivity index (χ1) is 8.49. The maximum atomic E-state index is 12.0. The Morgan fingerprint density at radius 1 is 1.56 bits per heavy atom. The SMILES string of the molecule is CCC(NC(=O)c1ccc(O)cc1C)/C(N)=N/O. The highest BCUT2D eigenvalue weighted by atomic mass is 16.4. The largest absolute Gasteiger partial charge is 0.508 e. The predicted octanol–water partition coefficient (Wildman–Crippen LogP) is 0.955. The van der Waals surface area contributed by atoms with Crippen LogP contribution in [-0.4, -0.2) is 28.1 Å². The summed E-state index contributed by atoms with van der Waals surface area (Å²) < 4.78 is 0. The molecule has 0 saturated carbocycles. The quantitative estimate of drug-likeness (QED) is 0.276. The van der Waals surface area contributed by atoms with Gasteiger partial charge in [0.05, 0.1) is 6.04 Å². The van der Waals surface area contributed by atoms with Gasteiger partial charge in [-0.1, -0.05) is 12.1 Å². The van der Waals surface area contributed by atoms with Gasteiger partial charge in [0.2, 0.25) is 0 Å². The fourth-order valence-corrected chi connectivity index (χ4v) is 1.59. The number of aromatic hydroxyl groups is 1. The number of amides is 1. The highest BCUT2D eigenvalue weighted by molar-refractivity contribution is 5.99. The van der Waals surface area contributed by atoms with Gasteiger partial charge in [0, 0.05) is 5.56 Å². The number of aryl methyl sites for hydroxylation is 1. The fourth-order valence-electron chi connectivity index (χ4n) is 1.59. The number of carbonyl (C=O) groups is 1. The van der Waals surface area contributed by atoms with Gasteiger partial charge >= 0.3 is 0 Å². The molecular formula is C12H17N3O3. The summed E-state index contributed by atoms with van der Waals surface area (Å²) in [6.45, 7) is 3.53. The summed E-state index contributed by atoms with van der Waals surface area (Å²) in [5.74, 6) is -0.263. The number of oxime groups is 1. The van der Waals surface area contributed by atoms with Crippen LogP contribution < -0.4 is 11.1 Å². The molecule has 0 radical (unpaired) electrons. The molecule has 98 valence electrons. The van der Waals surface area contributed by atoms with Gasteiger partial charge in [-0.3, -0.25) is 4.79 Å². The lowest BCUT2D eigenvalue weighted by molar-refractivity contribution is 0.0945. The van der Waals surface area contributed by atoms with E-state index in [-0.39, 0.29) is 17.5 Å². The molecule has 6 heteroatoms. The van der Waals surface area contributed by atoms with Crippen LogP contribution >= 0.6 is 0 Å². The number of carbonyl (C=O) groups excluding carboxylic acids is 1. The van der Waals surface area contributed by atoms with Crippen LogP contribution in [0.1, 0.15) is 29.3 Å². The number of hydrogen-bond acceptors (Lipinski definition) is 4. The van der Waals surface area contributed by atoms with Crippen LogP contribution in [0.5, 0.6) is 5.75 Å². The van der Waals surface area contributed by atoms with E-state index in [4.69, 9.17) is 10.9 Å². The second-order valence-electron chi connectivity index (χ2n) is 3.96. The van der Waals surface area contributed by atoms with Gasteiger partial charge in [0.1, 0.15) is 5.75 Å². The van der Waals surface area contributed by atoms with Crippen LogP contribution in [0, 0.1) is 6.92 Å². The normalized spacial score (nSPS) is 13.1. The Morgan fingerprint density at radius 3 is 2.72 bits per heavy atom. The van der Waals surface area contributed by atoms with Gasteiger partial charge < -0.3 is 21.4 Å². The molecule has 1 unspecified atom stereocenters. The Morgan fingerprint density at radius 2 is 2.22 bits per heavy atom. The van der Waals surface area contributed by atoms with Gasteiger partial charge in [-0.2, -0.15) is 0 Å². The topological polar surface area (TPSA) is 108 Å². The third kappa shape index (κ3) is 3.13. The number of phenolic OH excluding ortho intramolecular Hbond substituents is 1. The Hall–Kier alpha value is -2.24. The van der Waals surface area contributed by atoms with Gasteiger partial charge in [-0.15, -0.1) is 0 Å². The van der Waals surface area contributed by atoms with Crippen molar-refractivity contribution >= 4 is 11.7 Å². The Balaban J connectivity index is 2.88. The second kappa shape index (κ2) is 5.90. The van der Waals surface area contributed by atoms with Gasteiger partial charge in [0.15, 0.2) is 5.84 Å². The molecule has 0 fully saturated rings. The molecule has 0 heterocycles. The molecular weight excluding hydrogens is 234 g/mol. The summed E-state index contributed by atoms with van der Waals surface area (Å²) in [6.07, 6.45) is 0.513. The van der Waals surface area contributed by atoms with Crippen molar-refractivity contribution in [3.63, 3.8) is 0 Å². The number of benzene rings is 1. The summed E-state index contributed by atoms with van der Waals surface area (Å²) >= 11 is 0. The molecule has 1 aromatic carbocycles. The van der Waals surface area contributed by atoms with Crippen LogP contribution in [0.25, 0.3) is 0 Å². The van der Waals surface area contributed by atoms with Crippen LogP contribution in [0.2, 0.25) is 0 Å². The molecule has 0 saturated heterocycles. The molecule has 0 aliphatic rings. The minimum Gasteiger partial charge on any atom is -0.508 e. The molecule has 1 aromatic rings. The van der Waals surface area contributed by atoms with E-state index in [1.54, 1.807) is 6.92 Å². The first-order valence-corrected chi connectivity index (χ1v) is 5.57.